The normalized spacial score (nSPS) is 20.1. The van der Waals surface area contributed by atoms with E-state index in [4.69, 9.17) is 0 Å². The highest BCUT2D eigenvalue weighted by Crippen LogP contribution is 2.29. The molecule has 0 spiro atoms. The molecular formula is C8H9NO4S2. The fraction of sp³-hybridized carbons (Fsp3) is 0.375. The topological polar surface area (TPSA) is 77.3 Å². The summed E-state index contributed by atoms with van der Waals surface area (Å²) in [5, 5.41) is 10.7. The molecule has 7 heteroatoms. The van der Waals surface area contributed by atoms with Gasteiger partial charge in [-0.3, -0.25) is 14.9 Å². The molecule has 0 aromatic rings. The van der Waals surface area contributed by atoms with E-state index in [-0.39, 0.29) is 26.6 Å². The van der Waals surface area contributed by atoms with Crippen molar-refractivity contribution in [3.05, 3.63) is 31.7 Å². The number of Topliss-reactive ketones (excluding diaryl/α,β-unsaturated/α-hetero) is 1. The monoisotopic (exact) mass is 247 g/mol. The molecule has 15 heavy (non-hydrogen) atoms. The van der Waals surface area contributed by atoms with Crippen LogP contribution in [-0.4, -0.2) is 14.9 Å². The molecule has 0 saturated heterocycles. The fourth-order valence-electron chi connectivity index (χ4n) is 1.26. The Morgan fingerprint density at radius 2 is 2.27 bits per heavy atom. The third-order valence-corrected chi connectivity index (χ3v) is 5.35. The van der Waals surface area contributed by atoms with Crippen LogP contribution in [0.2, 0.25) is 0 Å². The van der Waals surface area contributed by atoms with Crippen LogP contribution in [0.1, 0.15) is 20.3 Å². The van der Waals surface area contributed by atoms with Gasteiger partial charge < -0.3 is 0 Å². The van der Waals surface area contributed by atoms with Gasteiger partial charge in [-0.2, -0.15) is 0 Å². The molecule has 1 aliphatic heterocycles. The Bertz CT molecular complexity index is 457. The maximum atomic E-state index is 11.2. The van der Waals surface area contributed by atoms with Gasteiger partial charge in [-0.25, -0.2) is 4.21 Å². The van der Waals surface area contributed by atoms with Gasteiger partial charge in [-0.05, 0) is 22.8 Å². The Kier molecular flexibility index (Phi) is 3.70. The maximum Gasteiger partial charge on any atom is 0.280 e. The van der Waals surface area contributed by atoms with Crippen LogP contribution in [0.15, 0.2) is 21.6 Å². The summed E-state index contributed by atoms with van der Waals surface area (Å²) < 4.78 is 10.9. The van der Waals surface area contributed by atoms with Crippen molar-refractivity contribution in [3.8, 4) is 0 Å². The molecule has 1 atom stereocenters. The SMILES string of the molecule is CCC1=C([N+](=O)[O-])C=C(C(C)=O)S1=S=O. The lowest BCUT2D eigenvalue weighted by Crippen LogP contribution is -2.02. The highest BCUT2D eigenvalue weighted by atomic mass is 32.8. The number of carbonyl (C=O) groups excluding carboxylic acids is 1. The smallest absolute Gasteiger partial charge is 0.280 e. The van der Waals surface area contributed by atoms with E-state index in [0.29, 0.717) is 11.3 Å². The van der Waals surface area contributed by atoms with E-state index in [2.05, 4.69) is 0 Å². The van der Waals surface area contributed by atoms with Gasteiger partial charge in [0.15, 0.2) is 5.78 Å². The number of ketones is 1. The van der Waals surface area contributed by atoms with Crippen molar-refractivity contribution in [2.24, 2.45) is 0 Å². The molecule has 0 aromatic carbocycles. The lowest BCUT2D eigenvalue weighted by molar-refractivity contribution is -0.419. The molecule has 0 aromatic heterocycles. The second kappa shape index (κ2) is 4.63. The summed E-state index contributed by atoms with van der Waals surface area (Å²) >= 11 is 0. The molecule has 0 fully saturated rings. The number of hydrogen-bond donors (Lipinski definition) is 0. The van der Waals surface area contributed by atoms with Gasteiger partial charge in [0.1, 0.15) is 10.2 Å². The van der Waals surface area contributed by atoms with Gasteiger partial charge in [0, 0.05) is 6.08 Å². The van der Waals surface area contributed by atoms with Gasteiger partial charge in [0.25, 0.3) is 5.70 Å². The first-order valence-electron chi connectivity index (χ1n) is 4.17. The van der Waals surface area contributed by atoms with Crippen molar-refractivity contribution in [3.63, 3.8) is 0 Å². The van der Waals surface area contributed by atoms with Gasteiger partial charge in [-0.15, -0.1) is 0 Å². The number of nitrogens with zero attached hydrogens (tertiary/aromatic N) is 1. The summed E-state index contributed by atoms with van der Waals surface area (Å²) in [6.45, 7) is 3.06. The van der Waals surface area contributed by atoms with Crippen molar-refractivity contribution in [1.82, 2.24) is 0 Å². The number of hydrogen-bond acceptors (Lipinski definition) is 4. The largest absolute Gasteiger partial charge is 0.294 e. The first-order chi connectivity index (χ1) is 7.02. The van der Waals surface area contributed by atoms with Crippen LogP contribution in [0.5, 0.6) is 0 Å². The molecule has 1 unspecified atom stereocenters. The minimum Gasteiger partial charge on any atom is -0.294 e. The predicted molar refractivity (Wildman–Crippen MR) is 58.6 cm³/mol. The average Bonchev–Trinajstić information content (AvgIpc) is 2.55. The number of allylic oxidation sites excluding steroid dienone is 3. The maximum absolute atomic E-state index is 11.2. The molecule has 82 valence electrons. The fourth-order valence-corrected chi connectivity index (χ4v) is 4.32. The summed E-state index contributed by atoms with van der Waals surface area (Å²) in [6, 6.07) is 0. The van der Waals surface area contributed by atoms with Gasteiger partial charge >= 0.3 is 0 Å². The summed E-state index contributed by atoms with van der Waals surface area (Å²) in [6.07, 6.45) is 1.65. The summed E-state index contributed by atoms with van der Waals surface area (Å²) in [4.78, 5) is 22.1. The van der Waals surface area contributed by atoms with Crippen molar-refractivity contribution in [1.29, 1.82) is 0 Å². The van der Waals surface area contributed by atoms with Gasteiger partial charge in [-0.1, -0.05) is 6.92 Å². The highest BCUT2D eigenvalue weighted by Gasteiger charge is 2.30. The molecule has 5 nitrogen and oxygen atoms in total. The molecule has 0 N–H and O–H groups in total. The first kappa shape index (κ1) is 12.0. The quantitative estimate of drug-likeness (QED) is 0.553. The van der Waals surface area contributed by atoms with Crippen molar-refractivity contribution >= 4 is 25.5 Å². The minimum atomic E-state index is -0.980. The van der Waals surface area contributed by atoms with Crippen LogP contribution in [0.25, 0.3) is 0 Å². The predicted octanol–water partition coefficient (Wildman–Crippen LogP) is 1.12. The van der Waals surface area contributed by atoms with E-state index in [1.165, 1.54) is 13.0 Å². The molecule has 0 saturated carbocycles. The number of nitro groups is 1. The Morgan fingerprint density at radius 1 is 1.67 bits per heavy atom. The van der Waals surface area contributed by atoms with Crippen LogP contribution in [0.3, 0.4) is 0 Å². The van der Waals surface area contributed by atoms with Crippen LogP contribution >= 0.6 is 0 Å². The first-order valence-corrected chi connectivity index (χ1v) is 6.66. The van der Waals surface area contributed by atoms with Gasteiger partial charge in [0.2, 0.25) is 0 Å². The zero-order valence-corrected chi connectivity index (χ0v) is 9.81. The number of carbonyl (C=O) groups is 1. The standard InChI is InChI=1S/C8H9NO4S2/c1-3-7-6(9(11)12)4-8(5(2)10)15(7)14-13/h4H,3H2,1-2H3. The molecule has 1 rings (SSSR count). The molecule has 0 radical (unpaired) electrons. The van der Waals surface area contributed by atoms with Crippen LogP contribution < -0.4 is 0 Å². The molecule has 0 amide bonds. The highest BCUT2D eigenvalue weighted by molar-refractivity contribution is 8.36. The van der Waals surface area contributed by atoms with Crippen molar-refractivity contribution < 1.29 is 13.9 Å². The zero-order chi connectivity index (χ0) is 11.6. The van der Waals surface area contributed by atoms with E-state index in [1.807, 2.05) is 0 Å². The third kappa shape index (κ3) is 2.13. The molecular weight excluding hydrogens is 238 g/mol. The Morgan fingerprint density at radius 3 is 2.60 bits per heavy atom. The van der Waals surface area contributed by atoms with E-state index < -0.39 is 14.4 Å². The van der Waals surface area contributed by atoms with Crippen molar-refractivity contribution in [2.75, 3.05) is 0 Å². The van der Waals surface area contributed by atoms with Crippen LogP contribution in [-0.2, 0) is 24.5 Å². The molecule has 1 aliphatic rings. The van der Waals surface area contributed by atoms with Gasteiger partial charge in [0.05, 0.1) is 14.7 Å². The summed E-state index contributed by atoms with van der Waals surface area (Å²) in [5.41, 5.74) is -0.0885. The lowest BCUT2D eigenvalue weighted by Gasteiger charge is -2.00. The van der Waals surface area contributed by atoms with Crippen molar-refractivity contribution in [2.45, 2.75) is 20.3 Å². The average molecular weight is 247 g/mol. The lowest BCUT2D eigenvalue weighted by atomic mass is 10.3. The van der Waals surface area contributed by atoms with Crippen LogP contribution in [0, 0.1) is 10.1 Å². The van der Waals surface area contributed by atoms with Crippen LogP contribution in [0.4, 0.5) is 0 Å². The third-order valence-electron chi connectivity index (χ3n) is 1.91. The number of rotatable bonds is 3. The zero-order valence-electron chi connectivity index (χ0n) is 8.18. The second-order valence-electron chi connectivity index (χ2n) is 2.82. The van der Waals surface area contributed by atoms with E-state index >= 15 is 0 Å². The summed E-state index contributed by atoms with van der Waals surface area (Å²) in [7, 11) is -0.731. The molecule has 0 aliphatic carbocycles. The molecule has 0 bridgehead atoms. The Hall–Kier alpha value is -1.08. The van der Waals surface area contributed by atoms with E-state index in [9.17, 15) is 19.1 Å². The second-order valence-corrected chi connectivity index (χ2v) is 5.84. The molecule has 1 heterocycles. The summed E-state index contributed by atoms with van der Waals surface area (Å²) in [5.74, 6) is -0.274. The Balaban J connectivity index is 3.38. The Labute approximate surface area is 91.7 Å². The minimum absolute atomic E-state index is 0.0885. The van der Waals surface area contributed by atoms with E-state index in [0.717, 1.165) is 0 Å². The van der Waals surface area contributed by atoms with E-state index in [1.54, 1.807) is 6.92 Å².